The molecule has 0 saturated heterocycles. The molecule has 2 rings (SSSR count). The first-order valence-corrected chi connectivity index (χ1v) is 5.23. The van der Waals surface area contributed by atoms with Crippen LogP contribution in [0.1, 0.15) is 6.92 Å². The molecule has 0 spiro atoms. The van der Waals surface area contributed by atoms with Crippen molar-refractivity contribution in [3.63, 3.8) is 0 Å². The van der Waals surface area contributed by atoms with Crippen molar-refractivity contribution in [3.05, 3.63) is 21.6 Å². The maximum atomic E-state index is 5.93. The van der Waals surface area contributed by atoms with Crippen LogP contribution < -0.4 is 10.1 Å². The van der Waals surface area contributed by atoms with Crippen LogP contribution in [-0.2, 0) is 0 Å². The fraction of sp³-hybridized carbons (Fsp3) is 0.333. The van der Waals surface area contributed by atoms with E-state index >= 15 is 0 Å². The Kier molecular flexibility index (Phi) is 2.39. The molecule has 1 N–H and O–H groups in total. The topological polar surface area (TPSA) is 21.3 Å². The van der Waals surface area contributed by atoms with E-state index in [0.717, 1.165) is 15.9 Å². The Balaban J connectivity index is 2.47. The molecule has 0 unspecified atom stereocenters. The van der Waals surface area contributed by atoms with Crippen LogP contribution >= 0.6 is 27.5 Å². The number of hydrogen-bond donors (Lipinski definition) is 1. The predicted molar refractivity (Wildman–Crippen MR) is 57.7 cm³/mol. The molecule has 0 aromatic heterocycles. The average Bonchev–Trinajstić information content (AvgIpc) is 2.12. The van der Waals surface area contributed by atoms with Gasteiger partial charge >= 0.3 is 0 Å². The van der Waals surface area contributed by atoms with E-state index in [1.807, 2.05) is 12.1 Å². The Morgan fingerprint density at radius 2 is 2.38 bits per heavy atom. The van der Waals surface area contributed by atoms with E-state index in [1.54, 1.807) is 0 Å². The Bertz CT molecular complexity index is 343. The van der Waals surface area contributed by atoms with E-state index in [0.29, 0.717) is 17.7 Å². The number of hydrogen-bond acceptors (Lipinski definition) is 2. The predicted octanol–water partition coefficient (Wildman–Crippen LogP) is 3.30. The lowest BCUT2D eigenvalue weighted by atomic mass is 10.2. The minimum absolute atomic E-state index is 0.348. The van der Waals surface area contributed by atoms with Gasteiger partial charge in [0, 0.05) is 0 Å². The molecule has 1 aliphatic heterocycles. The molecule has 0 radical (unpaired) electrons. The van der Waals surface area contributed by atoms with E-state index in [1.165, 1.54) is 0 Å². The van der Waals surface area contributed by atoms with Crippen molar-refractivity contribution in [2.75, 3.05) is 11.9 Å². The summed E-state index contributed by atoms with van der Waals surface area (Å²) in [7, 11) is 0. The molecule has 1 aromatic rings. The third kappa shape index (κ3) is 1.63. The zero-order valence-electron chi connectivity index (χ0n) is 7.10. The smallest absolute Gasteiger partial charge is 0.158 e. The maximum Gasteiger partial charge on any atom is 0.158 e. The van der Waals surface area contributed by atoms with Crippen LogP contribution in [0.3, 0.4) is 0 Å². The van der Waals surface area contributed by atoms with Crippen LogP contribution in [0.2, 0.25) is 5.02 Å². The van der Waals surface area contributed by atoms with Crippen LogP contribution in [-0.4, -0.2) is 12.6 Å². The maximum absolute atomic E-state index is 5.93. The van der Waals surface area contributed by atoms with E-state index in [9.17, 15) is 0 Å². The fourth-order valence-corrected chi connectivity index (χ4v) is 1.91. The average molecular weight is 263 g/mol. The van der Waals surface area contributed by atoms with Crippen LogP contribution in [0.4, 0.5) is 5.69 Å². The van der Waals surface area contributed by atoms with Gasteiger partial charge in [0.2, 0.25) is 0 Å². The zero-order chi connectivity index (χ0) is 9.42. The molecular weight excluding hydrogens is 253 g/mol. The lowest BCUT2D eigenvalue weighted by Gasteiger charge is -2.25. The van der Waals surface area contributed by atoms with E-state index in [-0.39, 0.29) is 0 Å². The second kappa shape index (κ2) is 3.39. The molecule has 0 amide bonds. The van der Waals surface area contributed by atoms with Gasteiger partial charge < -0.3 is 10.1 Å². The summed E-state index contributed by atoms with van der Waals surface area (Å²) < 4.78 is 6.38. The second-order valence-electron chi connectivity index (χ2n) is 3.09. The number of fused-ring (bicyclic) bond motifs is 1. The summed E-state index contributed by atoms with van der Waals surface area (Å²) in [6, 6.07) is 4.12. The van der Waals surface area contributed by atoms with Crippen molar-refractivity contribution >= 4 is 33.2 Å². The van der Waals surface area contributed by atoms with Gasteiger partial charge in [0.25, 0.3) is 0 Å². The summed E-state index contributed by atoms with van der Waals surface area (Å²) >= 11 is 9.32. The summed E-state index contributed by atoms with van der Waals surface area (Å²) in [4.78, 5) is 0. The van der Waals surface area contributed by atoms with Gasteiger partial charge in [-0.25, -0.2) is 0 Å². The quantitative estimate of drug-likeness (QED) is 0.775. The summed E-state index contributed by atoms with van der Waals surface area (Å²) in [6.45, 7) is 2.75. The number of halogens is 2. The monoisotopic (exact) mass is 261 g/mol. The Labute approximate surface area is 90.4 Å². The Hall–Kier alpha value is -0.410. The second-order valence-corrected chi connectivity index (χ2v) is 4.29. The van der Waals surface area contributed by atoms with Crippen LogP contribution in [0.15, 0.2) is 16.6 Å². The normalized spacial score (nSPS) is 20.1. The third-order valence-corrected chi connectivity index (χ3v) is 3.26. The van der Waals surface area contributed by atoms with Gasteiger partial charge in [-0.15, -0.1) is 0 Å². The molecular formula is C9H9BrClNO. The molecule has 1 aliphatic rings. The SMILES string of the molecule is C[C@H]1COc2c(ccc(Cl)c2Br)N1. The molecule has 0 fully saturated rings. The van der Waals surface area contributed by atoms with Crippen molar-refractivity contribution in [2.24, 2.45) is 0 Å². The van der Waals surface area contributed by atoms with Crippen molar-refractivity contribution in [3.8, 4) is 5.75 Å². The Morgan fingerprint density at radius 3 is 3.15 bits per heavy atom. The molecule has 1 heterocycles. The van der Waals surface area contributed by atoms with Gasteiger partial charge in [-0.2, -0.15) is 0 Å². The van der Waals surface area contributed by atoms with Gasteiger partial charge in [-0.05, 0) is 35.0 Å². The first-order valence-electron chi connectivity index (χ1n) is 4.06. The van der Waals surface area contributed by atoms with Gasteiger partial charge in [0.15, 0.2) is 5.75 Å². The van der Waals surface area contributed by atoms with Crippen molar-refractivity contribution in [1.29, 1.82) is 0 Å². The highest BCUT2D eigenvalue weighted by molar-refractivity contribution is 9.10. The summed E-state index contributed by atoms with van der Waals surface area (Å²) in [5.74, 6) is 0.811. The number of ether oxygens (including phenoxy) is 1. The largest absolute Gasteiger partial charge is 0.488 e. The highest BCUT2D eigenvalue weighted by Gasteiger charge is 2.18. The molecule has 0 saturated carbocycles. The lowest BCUT2D eigenvalue weighted by molar-refractivity contribution is 0.290. The van der Waals surface area contributed by atoms with Crippen LogP contribution in [0.25, 0.3) is 0 Å². The standard InChI is InChI=1S/C9H9BrClNO/c1-5-4-13-9-7(12-5)3-2-6(11)8(9)10/h2-3,5,12H,4H2,1H3/t5-/m0/s1. The Morgan fingerprint density at radius 1 is 1.62 bits per heavy atom. The minimum atomic E-state index is 0.348. The zero-order valence-corrected chi connectivity index (χ0v) is 9.45. The first-order chi connectivity index (χ1) is 6.18. The summed E-state index contributed by atoms with van der Waals surface area (Å²) in [6.07, 6.45) is 0. The molecule has 13 heavy (non-hydrogen) atoms. The first kappa shape index (κ1) is 9.16. The van der Waals surface area contributed by atoms with Gasteiger partial charge in [0.1, 0.15) is 6.61 Å². The number of benzene rings is 1. The molecule has 0 aliphatic carbocycles. The van der Waals surface area contributed by atoms with Gasteiger partial charge in [-0.1, -0.05) is 11.6 Å². The van der Waals surface area contributed by atoms with Crippen LogP contribution in [0, 0.1) is 0 Å². The number of rotatable bonds is 0. The van der Waals surface area contributed by atoms with Crippen molar-refractivity contribution in [1.82, 2.24) is 0 Å². The van der Waals surface area contributed by atoms with Gasteiger partial charge in [-0.3, -0.25) is 0 Å². The molecule has 0 bridgehead atoms. The summed E-state index contributed by atoms with van der Waals surface area (Å²) in [5.41, 5.74) is 0.995. The highest BCUT2D eigenvalue weighted by Crippen LogP contribution is 2.40. The van der Waals surface area contributed by atoms with Crippen LogP contribution in [0.5, 0.6) is 5.75 Å². The summed E-state index contributed by atoms with van der Waals surface area (Å²) in [5, 5.41) is 3.99. The van der Waals surface area contributed by atoms with E-state index < -0.39 is 0 Å². The van der Waals surface area contributed by atoms with E-state index in [4.69, 9.17) is 16.3 Å². The number of nitrogens with one attached hydrogen (secondary N) is 1. The third-order valence-electron chi connectivity index (χ3n) is 1.93. The molecule has 1 atom stereocenters. The van der Waals surface area contributed by atoms with Crippen molar-refractivity contribution in [2.45, 2.75) is 13.0 Å². The number of anilines is 1. The van der Waals surface area contributed by atoms with E-state index in [2.05, 4.69) is 28.2 Å². The lowest BCUT2D eigenvalue weighted by Crippen LogP contribution is -2.28. The molecule has 70 valence electrons. The molecule has 4 heteroatoms. The minimum Gasteiger partial charge on any atom is -0.488 e. The van der Waals surface area contributed by atoms with Gasteiger partial charge in [0.05, 0.1) is 21.2 Å². The highest BCUT2D eigenvalue weighted by atomic mass is 79.9. The molecule has 2 nitrogen and oxygen atoms in total. The molecule has 1 aromatic carbocycles. The van der Waals surface area contributed by atoms with Crippen molar-refractivity contribution < 1.29 is 4.74 Å². The fourth-order valence-electron chi connectivity index (χ4n) is 1.30.